The SMILES string of the molecule is NC(C(=O)O)C(S)C(=O)O. The van der Waals surface area contributed by atoms with Gasteiger partial charge in [-0.1, -0.05) is 0 Å². The standard InChI is InChI=1S/C4H7NO4S/c5-1(3(6)7)2(10)4(8)9/h1-2,10H,5H2,(H,6,7)(H,8,9). The molecule has 0 aliphatic carbocycles. The maximum atomic E-state index is 10.0. The summed E-state index contributed by atoms with van der Waals surface area (Å²) in [7, 11) is 0. The molecule has 0 spiro atoms. The highest BCUT2D eigenvalue weighted by molar-refractivity contribution is 7.81. The Morgan fingerprint density at radius 2 is 1.70 bits per heavy atom. The maximum absolute atomic E-state index is 10.0. The van der Waals surface area contributed by atoms with Gasteiger partial charge in [0.2, 0.25) is 0 Å². The third-order valence-corrected chi connectivity index (χ3v) is 1.42. The molecule has 0 fully saturated rings. The summed E-state index contributed by atoms with van der Waals surface area (Å²) < 4.78 is 0. The van der Waals surface area contributed by atoms with Crippen molar-refractivity contribution >= 4 is 24.6 Å². The Morgan fingerprint density at radius 3 is 1.80 bits per heavy atom. The van der Waals surface area contributed by atoms with Crippen molar-refractivity contribution in [1.29, 1.82) is 0 Å². The fraction of sp³-hybridized carbons (Fsp3) is 0.500. The molecule has 0 rings (SSSR count). The summed E-state index contributed by atoms with van der Waals surface area (Å²) in [6, 6.07) is -1.46. The second-order valence-electron chi connectivity index (χ2n) is 1.65. The van der Waals surface area contributed by atoms with Crippen LogP contribution in [0.5, 0.6) is 0 Å². The molecule has 0 amide bonds. The molecule has 0 aromatic carbocycles. The molecule has 0 radical (unpaired) electrons. The molecule has 0 saturated heterocycles. The minimum absolute atomic E-state index is 1.33. The van der Waals surface area contributed by atoms with Gasteiger partial charge in [-0.25, -0.2) is 0 Å². The van der Waals surface area contributed by atoms with Crippen molar-refractivity contribution in [2.75, 3.05) is 0 Å². The predicted molar refractivity (Wildman–Crippen MR) is 36.0 cm³/mol. The van der Waals surface area contributed by atoms with E-state index >= 15 is 0 Å². The molecule has 2 unspecified atom stereocenters. The lowest BCUT2D eigenvalue weighted by Crippen LogP contribution is -2.43. The molecular formula is C4H7NO4S. The lowest BCUT2D eigenvalue weighted by Gasteiger charge is -2.08. The molecule has 10 heavy (non-hydrogen) atoms. The number of hydrogen-bond donors (Lipinski definition) is 4. The van der Waals surface area contributed by atoms with E-state index in [0.29, 0.717) is 0 Å². The van der Waals surface area contributed by atoms with Crippen LogP contribution in [-0.4, -0.2) is 33.4 Å². The van der Waals surface area contributed by atoms with E-state index in [1.165, 1.54) is 0 Å². The van der Waals surface area contributed by atoms with E-state index in [0.717, 1.165) is 0 Å². The van der Waals surface area contributed by atoms with Crippen molar-refractivity contribution in [2.24, 2.45) is 5.73 Å². The highest BCUT2D eigenvalue weighted by Gasteiger charge is 2.26. The van der Waals surface area contributed by atoms with Gasteiger partial charge >= 0.3 is 11.9 Å². The number of aliphatic carboxylic acids is 2. The van der Waals surface area contributed by atoms with E-state index in [9.17, 15) is 9.59 Å². The zero-order chi connectivity index (χ0) is 8.31. The summed E-state index contributed by atoms with van der Waals surface area (Å²) in [5.74, 6) is -2.71. The molecule has 4 N–H and O–H groups in total. The van der Waals surface area contributed by atoms with Crippen LogP contribution in [0.15, 0.2) is 0 Å². The minimum atomic E-state index is -1.46. The third-order valence-electron chi connectivity index (χ3n) is 0.878. The van der Waals surface area contributed by atoms with E-state index < -0.39 is 23.2 Å². The Hall–Kier alpha value is -0.750. The topological polar surface area (TPSA) is 101 Å². The van der Waals surface area contributed by atoms with Gasteiger partial charge in [0, 0.05) is 0 Å². The van der Waals surface area contributed by atoms with Crippen molar-refractivity contribution < 1.29 is 19.8 Å². The highest BCUT2D eigenvalue weighted by atomic mass is 32.1. The van der Waals surface area contributed by atoms with Gasteiger partial charge in [0.1, 0.15) is 11.3 Å². The largest absolute Gasteiger partial charge is 0.480 e. The Kier molecular flexibility index (Phi) is 3.17. The second-order valence-corrected chi connectivity index (χ2v) is 2.20. The number of carboxylic acids is 2. The van der Waals surface area contributed by atoms with Crippen LogP contribution in [0.3, 0.4) is 0 Å². The van der Waals surface area contributed by atoms with Gasteiger partial charge in [-0.3, -0.25) is 9.59 Å². The third kappa shape index (κ3) is 2.24. The molecule has 0 aromatic rings. The Morgan fingerprint density at radius 1 is 1.30 bits per heavy atom. The van der Waals surface area contributed by atoms with E-state index in [1.54, 1.807) is 0 Å². The Balaban J connectivity index is 4.07. The molecule has 0 aromatic heterocycles. The van der Waals surface area contributed by atoms with Crippen molar-refractivity contribution in [1.82, 2.24) is 0 Å². The average Bonchev–Trinajstić information content (AvgIpc) is 1.84. The summed E-state index contributed by atoms with van der Waals surface area (Å²) in [6.45, 7) is 0. The summed E-state index contributed by atoms with van der Waals surface area (Å²) >= 11 is 3.45. The number of rotatable bonds is 3. The van der Waals surface area contributed by atoms with Crippen molar-refractivity contribution in [2.45, 2.75) is 11.3 Å². The van der Waals surface area contributed by atoms with Crippen LogP contribution in [0.1, 0.15) is 0 Å². The predicted octanol–water partition coefficient (Wildman–Crippen LogP) is -1.22. The van der Waals surface area contributed by atoms with E-state index in [4.69, 9.17) is 15.9 Å². The fourth-order valence-electron chi connectivity index (χ4n) is 0.289. The first-order valence-electron chi connectivity index (χ1n) is 2.36. The lowest BCUT2D eigenvalue weighted by molar-refractivity contribution is -0.144. The molecule has 6 heteroatoms. The van der Waals surface area contributed by atoms with Gasteiger partial charge < -0.3 is 15.9 Å². The first-order valence-corrected chi connectivity index (χ1v) is 2.87. The molecule has 5 nitrogen and oxygen atoms in total. The Bertz CT molecular complexity index is 141. The maximum Gasteiger partial charge on any atom is 0.322 e. The van der Waals surface area contributed by atoms with Gasteiger partial charge in [0.05, 0.1) is 0 Å². The lowest BCUT2D eigenvalue weighted by atomic mass is 10.2. The van der Waals surface area contributed by atoms with Crippen molar-refractivity contribution in [3.05, 3.63) is 0 Å². The van der Waals surface area contributed by atoms with Gasteiger partial charge in [-0.2, -0.15) is 12.6 Å². The van der Waals surface area contributed by atoms with Crippen LogP contribution in [0.4, 0.5) is 0 Å². The van der Waals surface area contributed by atoms with Crippen molar-refractivity contribution in [3.63, 3.8) is 0 Å². The summed E-state index contributed by atoms with van der Waals surface area (Å²) in [5, 5.41) is 15.0. The zero-order valence-corrected chi connectivity index (χ0v) is 5.78. The molecule has 0 aliphatic rings. The van der Waals surface area contributed by atoms with Crippen LogP contribution in [0.25, 0.3) is 0 Å². The number of hydrogen-bond acceptors (Lipinski definition) is 4. The highest BCUT2D eigenvalue weighted by Crippen LogP contribution is 1.99. The molecule has 0 saturated carbocycles. The zero-order valence-electron chi connectivity index (χ0n) is 4.89. The first-order chi connectivity index (χ1) is 4.46. The van der Waals surface area contributed by atoms with Gasteiger partial charge in [0.15, 0.2) is 0 Å². The van der Waals surface area contributed by atoms with Crippen molar-refractivity contribution in [3.8, 4) is 0 Å². The van der Waals surface area contributed by atoms with Crippen LogP contribution < -0.4 is 5.73 Å². The number of thiol groups is 1. The molecule has 0 aliphatic heterocycles. The average molecular weight is 165 g/mol. The van der Waals surface area contributed by atoms with Gasteiger partial charge in [-0.05, 0) is 0 Å². The molecule has 0 heterocycles. The van der Waals surface area contributed by atoms with E-state index in [-0.39, 0.29) is 0 Å². The summed E-state index contributed by atoms with van der Waals surface area (Å²) in [6.07, 6.45) is 0. The quantitative estimate of drug-likeness (QED) is 0.393. The van der Waals surface area contributed by atoms with E-state index in [1.807, 2.05) is 0 Å². The molecule has 58 valence electrons. The fourth-order valence-corrected chi connectivity index (χ4v) is 0.416. The molecule has 0 bridgehead atoms. The second kappa shape index (κ2) is 3.43. The summed E-state index contributed by atoms with van der Waals surface area (Å²) in [4.78, 5) is 20.0. The normalized spacial score (nSPS) is 15.8. The first kappa shape index (κ1) is 9.25. The number of carboxylic acid groups (broad SMARTS) is 2. The van der Waals surface area contributed by atoms with Crippen LogP contribution in [0.2, 0.25) is 0 Å². The molecule has 2 atom stereocenters. The minimum Gasteiger partial charge on any atom is -0.480 e. The van der Waals surface area contributed by atoms with Crippen LogP contribution in [0, 0.1) is 0 Å². The monoisotopic (exact) mass is 165 g/mol. The van der Waals surface area contributed by atoms with E-state index in [2.05, 4.69) is 12.6 Å². The number of nitrogens with two attached hydrogens (primary N) is 1. The smallest absolute Gasteiger partial charge is 0.322 e. The Labute approximate surface area is 62.2 Å². The number of carbonyl (C=O) groups is 2. The van der Waals surface area contributed by atoms with Crippen LogP contribution >= 0.6 is 12.6 Å². The van der Waals surface area contributed by atoms with Crippen LogP contribution in [-0.2, 0) is 9.59 Å². The molecular weight excluding hydrogens is 158 g/mol. The summed E-state index contributed by atoms with van der Waals surface area (Å²) in [5.41, 5.74) is 4.90. The van der Waals surface area contributed by atoms with Gasteiger partial charge in [0.25, 0.3) is 0 Å². The van der Waals surface area contributed by atoms with Gasteiger partial charge in [-0.15, -0.1) is 0 Å².